The first kappa shape index (κ1) is 15.0. The lowest BCUT2D eigenvalue weighted by Gasteiger charge is -2.38. The molecular formula is C19H22N4O. The largest absolute Gasteiger partial charge is 0.373 e. The molecule has 0 bridgehead atoms. The Bertz CT molecular complexity index is 739. The van der Waals surface area contributed by atoms with E-state index in [2.05, 4.69) is 27.3 Å². The first-order valence-electron chi connectivity index (χ1n) is 8.56. The van der Waals surface area contributed by atoms with E-state index in [1.165, 1.54) is 18.5 Å². The van der Waals surface area contributed by atoms with Crippen molar-refractivity contribution in [2.45, 2.75) is 12.8 Å². The standard InChI is InChI=1S/C19H22N4O/c1-20-18-9-8-15(12-21-18)19(24)23-11-10-22(13-14-6-7-14)16-4-2-3-5-17(16)23/h2-5,8-9,12,14H,6-7,10-11,13H2,1H3,(H,20,21). The minimum atomic E-state index is 0.0173. The van der Waals surface area contributed by atoms with Crippen LogP contribution in [0.4, 0.5) is 17.2 Å². The fraction of sp³-hybridized carbons (Fsp3) is 0.368. The predicted octanol–water partition coefficient (Wildman–Crippen LogP) is 3.00. The molecule has 1 aromatic carbocycles. The van der Waals surface area contributed by atoms with Crippen molar-refractivity contribution in [1.82, 2.24) is 4.98 Å². The van der Waals surface area contributed by atoms with Crippen molar-refractivity contribution in [1.29, 1.82) is 0 Å². The zero-order valence-electron chi connectivity index (χ0n) is 13.9. The summed E-state index contributed by atoms with van der Waals surface area (Å²) in [6.45, 7) is 2.72. The van der Waals surface area contributed by atoms with E-state index in [1.54, 1.807) is 6.20 Å². The molecule has 1 N–H and O–H groups in total. The van der Waals surface area contributed by atoms with Gasteiger partial charge in [0.2, 0.25) is 0 Å². The van der Waals surface area contributed by atoms with Crippen molar-refractivity contribution in [2.75, 3.05) is 41.8 Å². The molecule has 2 heterocycles. The molecule has 0 atom stereocenters. The second-order valence-corrected chi connectivity index (χ2v) is 6.52. The first-order valence-corrected chi connectivity index (χ1v) is 8.56. The SMILES string of the molecule is CNc1ccc(C(=O)N2CCN(CC3CC3)c3ccccc32)cn1. The average Bonchev–Trinajstić information content (AvgIpc) is 3.46. The van der Waals surface area contributed by atoms with Gasteiger partial charge in [-0.3, -0.25) is 4.79 Å². The molecule has 1 aromatic heterocycles. The summed E-state index contributed by atoms with van der Waals surface area (Å²) in [4.78, 5) is 21.5. The number of hydrogen-bond acceptors (Lipinski definition) is 4. The second-order valence-electron chi connectivity index (χ2n) is 6.52. The van der Waals surface area contributed by atoms with Gasteiger partial charge in [-0.05, 0) is 43.0 Å². The van der Waals surface area contributed by atoms with E-state index in [0.29, 0.717) is 5.56 Å². The zero-order valence-corrected chi connectivity index (χ0v) is 13.9. The van der Waals surface area contributed by atoms with Crippen LogP contribution in [0.15, 0.2) is 42.6 Å². The molecule has 4 rings (SSSR count). The number of carbonyl (C=O) groups is 1. The van der Waals surface area contributed by atoms with Gasteiger partial charge in [-0.25, -0.2) is 4.98 Å². The van der Waals surface area contributed by atoms with E-state index in [-0.39, 0.29) is 5.91 Å². The lowest BCUT2D eigenvalue weighted by molar-refractivity contribution is 0.0986. The van der Waals surface area contributed by atoms with Crippen LogP contribution >= 0.6 is 0 Å². The summed E-state index contributed by atoms with van der Waals surface area (Å²) in [5.74, 6) is 1.61. The number of aromatic nitrogens is 1. The predicted molar refractivity (Wildman–Crippen MR) is 96.8 cm³/mol. The smallest absolute Gasteiger partial charge is 0.259 e. The van der Waals surface area contributed by atoms with Gasteiger partial charge in [-0.15, -0.1) is 0 Å². The highest BCUT2D eigenvalue weighted by molar-refractivity contribution is 6.08. The number of nitrogens with zero attached hydrogens (tertiary/aromatic N) is 3. The maximum absolute atomic E-state index is 13.0. The molecule has 0 spiro atoms. The van der Waals surface area contributed by atoms with Crippen molar-refractivity contribution >= 4 is 23.1 Å². The Morgan fingerprint density at radius 1 is 1.17 bits per heavy atom. The Balaban J connectivity index is 1.61. The van der Waals surface area contributed by atoms with Crippen LogP contribution in [0.1, 0.15) is 23.2 Å². The number of pyridine rings is 1. The minimum Gasteiger partial charge on any atom is -0.373 e. The third-order valence-electron chi connectivity index (χ3n) is 4.79. The minimum absolute atomic E-state index is 0.0173. The lowest BCUT2D eigenvalue weighted by Crippen LogP contribution is -2.44. The highest BCUT2D eigenvalue weighted by atomic mass is 16.2. The topological polar surface area (TPSA) is 48.5 Å². The summed E-state index contributed by atoms with van der Waals surface area (Å²) in [5, 5.41) is 2.98. The van der Waals surface area contributed by atoms with Crippen molar-refractivity contribution in [2.24, 2.45) is 5.92 Å². The van der Waals surface area contributed by atoms with E-state index in [4.69, 9.17) is 0 Å². The molecule has 0 unspecified atom stereocenters. The number of hydrogen-bond donors (Lipinski definition) is 1. The number of carbonyl (C=O) groups excluding carboxylic acids is 1. The molecular weight excluding hydrogens is 300 g/mol. The van der Waals surface area contributed by atoms with Gasteiger partial charge in [-0.1, -0.05) is 12.1 Å². The number of para-hydroxylation sites is 2. The van der Waals surface area contributed by atoms with Gasteiger partial charge in [-0.2, -0.15) is 0 Å². The molecule has 5 nitrogen and oxygen atoms in total. The molecule has 24 heavy (non-hydrogen) atoms. The van der Waals surface area contributed by atoms with Crippen LogP contribution in [0.3, 0.4) is 0 Å². The normalized spacial score (nSPS) is 16.7. The molecule has 124 valence electrons. The number of benzene rings is 1. The molecule has 2 aliphatic rings. The molecule has 1 aliphatic heterocycles. The molecule has 1 saturated carbocycles. The Hall–Kier alpha value is -2.56. The second kappa shape index (κ2) is 6.15. The van der Waals surface area contributed by atoms with E-state index >= 15 is 0 Å². The average molecular weight is 322 g/mol. The third-order valence-corrected chi connectivity index (χ3v) is 4.79. The molecule has 1 aliphatic carbocycles. The highest BCUT2D eigenvalue weighted by Gasteiger charge is 2.31. The Morgan fingerprint density at radius 2 is 1.96 bits per heavy atom. The van der Waals surface area contributed by atoms with E-state index in [0.717, 1.165) is 37.1 Å². The van der Waals surface area contributed by atoms with Crippen LogP contribution in [0.25, 0.3) is 0 Å². The molecule has 5 heteroatoms. The summed E-state index contributed by atoms with van der Waals surface area (Å²) in [6, 6.07) is 11.9. The molecule has 0 radical (unpaired) electrons. The number of nitrogens with one attached hydrogen (secondary N) is 1. The molecule has 2 aromatic rings. The van der Waals surface area contributed by atoms with Crippen LogP contribution < -0.4 is 15.1 Å². The monoisotopic (exact) mass is 322 g/mol. The quantitative estimate of drug-likeness (QED) is 0.940. The van der Waals surface area contributed by atoms with Gasteiger partial charge in [0.1, 0.15) is 5.82 Å². The summed E-state index contributed by atoms with van der Waals surface area (Å²) >= 11 is 0. The van der Waals surface area contributed by atoms with Gasteiger partial charge in [0.05, 0.1) is 16.9 Å². The number of anilines is 3. The van der Waals surface area contributed by atoms with Gasteiger partial charge in [0.25, 0.3) is 5.91 Å². The summed E-state index contributed by atoms with van der Waals surface area (Å²) in [7, 11) is 1.82. The highest BCUT2D eigenvalue weighted by Crippen LogP contribution is 2.37. The van der Waals surface area contributed by atoms with Crippen molar-refractivity contribution in [3.05, 3.63) is 48.2 Å². The summed E-state index contributed by atoms with van der Waals surface area (Å²) in [5.41, 5.74) is 2.80. The lowest BCUT2D eigenvalue weighted by atomic mass is 10.1. The first-order chi connectivity index (χ1) is 11.8. The Morgan fingerprint density at radius 3 is 2.62 bits per heavy atom. The van der Waals surface area contributed by atoms with Crippen molar-refractivity contribution in [3.63, 3.8) is 0 Å². The summed E-state index contributed by atoms with van der Waals surface area (Å²) in [6.07, 6.45) is 4.32. The Labute approximate surface area is 142 Å². The van der Waals surface area contributed by atoms with Gasteiger partial charge >= 0.3 is 0 Å². The van der Waals surface area contributed by atoms with Gasteiger partial charge in [0, 0.05) is 32.9 Å². The van der Waals surface area contributed by atoms with Crippen molar-refractivity contribution < 1.29 is 4.79 Å². The molecule has 1 fully saturated rings. The van der Waals surface area contributed by atoms with Crippen LogP contribution in [-0.2, 0) is 0 Å². The van der Waals surface area contributed by atoms with E-state index in [1.807, 2.05) is 36.2 Å². The van der Waals surface area contributed by atoms with Crippen LogP contribution in [0.2, 0.25) is 0 Å². The maximum atomic E-state index is 13.0. The van der Waals surface area contributed by atoms with Crippen LogP contribution in [-0.4, -0.2) is 37.6 Å². The van der Waals surface area contributed by atoms with Crippen molar-refractivity contribution in [3.8, 4) is 0 Å². The molecule has 1 amide bonds. The fourth-order valence-electron chi connectivity index (χ4n) is 3.26. The summed E-state index contributed by atoms with van der Waals surface area (Å²) < 4.78 is 0. The van der Waals surface area contributed by atoms with Gasteiger partial charge in [0.15, 0.2) is 0 Å². The number of rotatable bonds is 4. The van der Waals surface area contributed by atoms with E-state index < -0.39 is 0 Å². The zero-order chi connectivity index (χ0) is 16.5. The van der Waals surface area contributed by atoms with E-state index in [9.17, 15) is 4.79 Å². The van der Waals surface area contributed by atoms with Crippen LogP contribution in [0.5, 0.6) is 0 Å². The third kappa shape index (κ3) is 2.82. The number of amides is 1. The maximum Gasteiger partial charge on any atom is 0.259 e. The Kier molecular flexibility index (Phi) is 3.84. The molecule has 0 saturated heterocycles. The fourth-order valence-corrected chi connectivity index (χ4v) is 3.26. The van der Waals surface area contributed by atoms with Crippen LogP contribution in [0, 0.1) is 5.92 Å². The number of fused-ring (bicyclic) bond motifs is 1. The van der Waals surface area contributed by atoms with Gasteiger partial charge < -0.3 is 15.1 Å².